The molecule has 0 spiro atoms. The van der Waals surface area contributed by atoms with Crippen LogP contribution in [0.15, 0.2) is 48.5 Å². The smallest absolute Gasteiger partial charge is 0.244 e. The quantitative estimate of drug-likeness (QED) is 0.436. The van der Waals surface area contributed by atoms with E-state index in [4.69, 9.17) is 9.47 Å². The Kier molecular flexibility index (Phi) is 10.6. The molecule has 1 N–H and O–H groups in total. The maximum Gasteiger partial charge on any atom is 0.244 e. The van der Waals surface area contributed by atoms with Crippen LogP contribution in [0.4, 0.5) is 5.69 Å². The van der Waals surface area contributed by atoms with Crippen LogP contribution in [0.3, 0.4) is 0 Å². The van der Waals surface area contributed by atoms with Gasteiger partial charge in [-0.1, -0.05) is 32.9 Å². The second-order valence-corrected chi connectivity index (χ2v) is 10.8. The molecule has 198 valence electrons. The number of rotatable bonds is 13. The Balaban J connectivity index is 2.43. The zero-order chi connectivity index (χ0) is 26.9. The van der Waals surface area contributed by atoms with E-state index in [-0.39, 0.29) is 18.4 Å². The first kappa shape index (κ1) is 29.0. The highest BCUT2D eigenvalue weighted by Crippen LogP contribution is 2.23. The molecule has 0 heterocycles. The lowest BCUT2D eigenvalue weighted by atomic mass is 10.1. The molecule has 0 aliphatic heterocycles. The Morgan fingerprint density at radius 3 is 2.17 bits per heavy atom. The predicted octanol–water partition coefficient (Wildman–Crippen LogP) is 3.05. The van der Waals surface area contributed by atoms with Gasteiger partial charge in [0.1, 0.15) is 24.1 Å². The molecule has 9 nitrogen and oxygen atoms in total. The summed E-state index contributed by atoms with van der Waals surface area (Å²) in [5, 5.41) is 2.90. The van der Waals surface area contributed by atoms with E-state index in [0.717, 1.165) is 16.1 Å². The van der Waals surface area contributed by atoms with Crippen molar-refractivity contribution in [2.45, 2.75) is 39.8 Å². The Morgan fingerprint density at radius 1 is 1.00 bits per heavy atom. The summed E-state index contributed by atoms with van der Waals surface area (Å²) in [6, 6.07) is 12.8. The van der Waals surface area contributed by atoms with Crippen LogP contribution in [0.1, 0.15) is 32.8 Å². The second-order valence-electron chi connectivity index (χ2n) is 8.90. The van der Waals surface area contributed by atoms with Crippen molar-refractivity contribution in [3.63, 3.8) is 0 Å². The first-order valence-electron chi connectivity index (χ1n) is 11.8. The van der Waals surface area contributed by atoms with E-state index in [1.165, 1.54) is 12.0 Å². The van der Waals surface area contributed by atoms with Crippen LogP contribution in [0, 0.1) is 5.92 Å². The minimum absolute atomic E-state index is 0.115. The monoisotopic (exact) mass is 519 g/mol. The molecule has 0 saturated heterocycles. The minimum Gasteiger partial charge on any atom is -0.497 e. The average Bonchev–Trinajstić information content (AvgIpc) is 2.85. The van der Waals surface area contributed by atoms with Crippen LogP contribution >= 0.6 is 0 Å². The highest BCUT2D eigenvalue weighted by Gasteiger charge is 2.31. The van der Waals surface area contributed by atoms with Crippen molar-refractivity contribution >= 4 is 27.5 Å². The molecule has 0 saturated carbocycles. The van der Waals surface area contributed by atoms with Gasteiger partial charge >= 0.3 is 0 Å². The first-order chi connectivity index (χ1) is 17.0. The zero-order valence-electron chi connectivity index (χ0n) is 21.9. The highest BCUT2D eigenvalue weighted by atomic mass is 32.2. The van der Waals surface area contributed by atoms with Crippen LogP contribution in [0.2, 0.25) is 0 Å². The molecule has 0 unspecified atom stereocenters. The number of carbonyl (C=O) groups excluding carboxylic acids is 2. The Hall–Kier alpha value is -3.27. The van der Waals surface area contributed by atoms with E-state index in [0.29, 0.717) is 30.2 Å². The maximum absolute atomic E-state index is 13.7. The summed E-state index contributed by atoms with van der Waals surface area (Å²) in [5.41, 5.74) is 1.08. The average molecular weight is 520 g/mol. The third kappa shape index (κ3) is 8.15. The number of nitrogens with one attached hydrogen (secondary N) is 1. The van der Waals surface area contributed by atoms with Crippen LogP contribution in [0.25, 0.3) is 0 Å². The van der Waals surface area contributed by atoms with Crippen LogP contribution in [-0.2, 0) is 26.2 Å². The van der Waals surface area contributed by atoms with Gasteiger partial charge in [-0.3, -0.25) is 13.9 Å². The number of sulfonamides is 1. The van der Waals surface area contributed by atoms with Crippen molar-refractivity contribution in [1.29, 1.82) is 0 Å². The molecule has 0 fully saturated rings. The Morgan fingerprint density at radius 2 is 1.64 bits per heavy atom. The first-order valence-corrected chi connectivity index (χ1v) is 13.7. The number of ether oxygens (including phenoxy) is 2. The number of nitrogens with zero attached hydrogens (tertiary/aromatic N) is 2. The zero-order valence-corrected chi connectivity index (χ0v) is 22.7. The van der Waals surface area contributed by atoms with Gasteiger partial charge in [-0.15, -0.1) is 0 Å². The number of benzene rings is 2. The lowest BCUT2D eigenvalue weighted by molar-refractivity contribution is -0.140. The van der Waals surface area contributed by atoms with Crippen molar-refractivity contribution in [2.75, 3.05) is 37.9 Å². The lowest BCUT2D eigenvalue weighted by Crippen LogP contribution is -2.52. The van der Waals surface area contributed by atoms with E-state index in [1.807, 2.05) is 26.8 Å². The van der Waals surface area contributed by atoms with Crippen LogP contribution in [-0.4, -0.2) is 64.7 Å². The van der Waals surface area contributed by atoms with Gasteiger partial charge in [-0.25, -0.2) is 8.42 Å². The fraction of sp³-hybridized carbons (Fsp3) is 0.462. The molecule has 0 aliphatic rings. The normalized spacial score (nSPS) is 12.1. The maximum atomic E-state index is 13.7. The van der Waals surface area contributed by atoms with Gasteiger partial charge in [-0.05, 0) is 54.3 Å². The third-order valence-corrected chi connectivity index (χ3v) is 6.74. The summed E-state index contributed by atoms with van der Waals surface area (Å²) in [6.45, 7) is 5.92. The largest absolute Gasteiger partial charge is 0.497 e. The number of amides is 2. The molecule has 10 heteroatoms. The summed E-state index contributed by atoms with van der Waals surface area (Å²) < 4.78 is 36.8. The molecular weight excluding hydrogens is 482 g/mol. The molecule has 0 radical (unpaired) electrons. The molecule has 0 aliphatic carbocycles. The van der Waals surface area contributed by atoms with Crippen molar-refractivity contribution in [2.24, 2.45) is 5.92 Å². The van der Waals surface area contributed by atoms with E-state index in [2.05, 4.69) is 5.32 Å². The van der Waals surface area contributed by atoms with E-state index in [1.54, 1.807) is 49.6 Å². The molecular formula is C26H37N3O6S. The third-order valence-electron chi connectivity index (χ3n) is 5.60. The summed E-state index contributed by atoms with van der Waals surface area (Å²) >= 11 is 0. The van der Waals surface area contributed by atoms with E-state index in [9.17, 15) is 18.0 Å². The highest BCUT2D eigenvalue weighted by molar-refractivity contribution is 7.92. The summed E-state index contributed by atoms with van der Waals surface area (Å²) in [4.78, 5) is 28.2. The fourth-order valence-electron chi connectivity index (χ4n) is 3.67. The number of hydrogen-bond donors (Lipinski definition) is 1. The summed E-state index contributed by atoms with van der Waals surface area (Å²) in [7, 11) is -0.736. The van der Waals surface area contributed by atoms with Gasteiger partial charge in [-0.2, -0.15) is 0 Å². The number of hydrogen-bond acceptors (Lipinski definition) is 6. The van der Waals surface area contributed by atoms with Crippen LogP contribution in [0.5, 0.6) is 11.5 Å². The van der Waals surface area contributed by atoms with Gasteiger partial charge in [0.25, 0.3) is 0 Å². The minimum atomic E-state index is -3.80. The van der Waals surface area contributed by atoms with Gasteiger partial charge < -0.3 is 19.7 Å². The van der Waals surface area contributed by atoms with E-state index >= 15 is 0 Å². The van der Waals surface area contributed by atoms with Gasteiger partial charge in [0.15, 0.2) is 0 Å². The number of anilines is 1. The predicted molar refractivity (Wildman–Crippen MR) is 141 cm³/mol. The standard InChI is InChI=1S/C26H37N3O6S/c1-7-24(26(31)27-16-19(2)3)28(17-20-9-8-10-23(15-20)35-5)25(30)18-29(36(6,32)33)21-11-13-22(34-4)14-12-21/h8-15,19,24H,7,16-18H2,1-6H3,(H,27,31)/t24-/m0/s1. The fourth-order valence-corrected chi connectivity index (χ4v) is 4.52. The SMILES string of the molecule is CC[C@@H](C(=O)NCC(C)C)N(Cc1cccc(OC)c1)C(=O)CN(c1ccc(OC)cc1)S(C)(=O)=O. The van der Waals surface area contributed by atoms with Crippen molar-refractivity contribution in [3.8, 4) is 11.5 Å². The molecule has 2 aromatic rings. The Bertz CT molecular complexity index is 1120. The molecule has 2 amide bonds. The van der Waals surface area contributed by atoms with Gasteiger partial charge in [0.2, 0.25) is 21.8 Å². The second kappa shape index (κ2) is 13.2. The molecule has 36 heavy (non-hydrogen) atoms. The van der Waals surface area contributed by atoms with Crippen molar-refractivity contribution < 1.29 is 27.5 Å². The molecule has 2 rings (SSSR count). The van der Waals surface area contributed by atoms with Gasteiger partial charge in [0.05, 0.1) is 26.2 Å². The Labute approximate surface area is 214 Å². The van der Waals surface area contributed by atoms with E-state index < -0.39 is 28.5 Å². The van der Waals surface area contributed by atoms with Crippen molar-refractivity contribution in [1.82, 2.24) is 10.2 Å². The van der Waals surface area contributed by atoms with Gasteiger partial charge in [0, 0.05) is 13.1 Å². The number of methoxy groups -OCH3 is 2. The molecule has 0 bridgehead atoms. The number of carbonyl (C=O) groups is 2. The molecule has 2 aromatic carbocycles. The van der Waals surface area contributed by atoms with Crippen molar-refractivity contribution in [3.05, 3.63) is 54.1 Å². The van der Waals surface area contributed by atoms with Crippen LogP contribution < -0.4 is 19.1 Å². The molecule has 1 atom stereocenters. The summed E-state index contributed by atoms with van der Waals surface area (Å²) in [5.74, 6) is 0.646. The topological polar surface area (TPSA) is 105 Å². The molecule has 0 aromatic heterocycles. The summed E-state index contributed by atoms with van der Waals surface area (Å²) in [6.07, 6.45) is 1.41. The lowest BCUT2D eigenvalue weighted by Gasteiger charge is -2.33.